The minimum absolute atomic E-state index is 0.0768. The lowest BCUT2D eigenvalue weighted by molar-refractivity contribution is -0.147. The highest BCUT2D eigenvalue weighted by atomic mass is 79.9. The Morgan fingerprint density at radius 2 is 1.90 bits per heavy atom. The quantitative estimate of drug-likeness (QED) is 0.883. The molecule has 20 heavy (non-hydrogen) atoms. The SMILES string of the molecule is O=C(O)[C@H]1CCCC[C@H]1C(=O)Nc1ccc(Br)cc1F. The first-order valence-electron chi connectivity index (χ1n) is 6.48. The second-order valence-electron chi connectivity index (χ2n) is 4.95. The third kappa shape index (κ3) is 3.36. The Hall–Kier alpha value is -1.43. The smallest absolute Gasteiger partial charge is 0.307 e. The highest BCUT2D eigenvalue weighted by Crippen LogP contribution is 2.31. The van der Waals surface area contributed by atoms with Crippen LogP contribution in [0.25, 0.3) is 0 Å². The lowest BCUT2D eigenvalue weighted by atomic mass is 9.78. The summed E-state index contributed by atoms with van der Waals surface area (Å²) in [7, 11) is 0. The predicted molar refractivity (Wildman–Crippen MR) is 75.8 cm³/mol. The highest BCUT2D eigenvalue weighted by Gasteiger charge is 2.35. The largest absolute Gasteiger partial charge is 0.481 e. The van der Waals surface area contributed by atoms with Crippen molar-refractivity contribution in [1.29, 1.82) is 0 Å². The van der Waals surface area contributed by atoms with Crippen molar-refractivity contribution in [3.05, 3.63) is 28.5 Å². The van der Waals surface area contributed by atoms with E-state index in [-0.39, 0.29) is 5.69 Å². The van der Waals surface area contributed by atoms with Crippen molar-refractivity contribution in [1.82, 2.24) is 0 Å². The number of rotatable bonds is 3. The summed E-state index contributed by atoms with van der Waals surface area (Å²) in [5, 5.41) is 11.6. The number of carbonyl (C=O) groups is 2. The Kier molecular flexibility index (Phi) is 4.75. The van der Waals surface area contributed by atoms with Crippen LogP contribution in [0.4, 0.5) is 10.1 Å². The van der Waals surface area contributed by atoms with Crippen LogP contribution in [0.3, 0.4) is 0 Å². The standard InChI is InChI=1S/C14H15BrFNO3/c15-8-5-6-12(11(16)7-8)17-13(18)9-3-1-2-4-10(9)14(19)20/h5-7,9-10H,1-4H2,(H,17,18)(H,19,20)/t9-,10+/m1/s1. The molecule has 0 bridgehead atoms. The molecule has 1 aromatic rings. The molecule has 1 fully saturated rings. The zero-order valence-electron chi connectivity index (χ0n) is 10.7. The van der Waals surface area contributed by atoms with Gasteiger partial charge >= 0.3 is 5.97 Å². The van der Waals surface area contributed by atoms with Crippen LogP contribution >= 0.6 is 15.9 Å². The number of anilines is 1. The molecule has 1 aromatic carbocycles. The van der Waals surface area contributed by atoms with E-state index in [1.54, 1.807) is 6.07 Å². The molecule has 0 aromatic heterocycles. The number of benzene rings is 1. The molecule has 6 heteroatoms. The van der Waals surface area contributed by atoms with Crippen LogP contribution in [0.2, 0.25) is 0 Å². The topological polar surface area (TPSA) is 66.4 Å². The van der Waals surface area contributed by atoms with Gasteiger partial charge in [-0.2, -0.15) is 0 Å². The van der Waals surface area contributed by atoms with Gasteiger partial charge in [-0.3, -0.25) is 9.59 Å². The van der Waals surface area contributed by atoms with Crippen LogP contribution < -0.4 is 5.32 Å². The van der Waals surface area contributed by atoms with Crippen LogP contribution in [0.5, 0.6) is 0 Å². The summed E-state index contributed by atoms with van der Waals surface area (Å²) in [5.41, 5.74) is 0.0768. The first-order chi connectivity index (χ1) is 9.49. The van der Waals surface area contributed by atoms with Gasteiger partial charge in [0.1, 0.15) is 5.82 Å². The monoisotopic (exact) mass is 343 g/mol. The van der Waals surface area contributed by atoms with E-state index in [9.17, 15) is 14.0 Å². The molecule has 0 heterocycles. The van der Waals surface area contributed by atoms with Gasteiger partial charge in [-0.15, -0.1) is 0 Å². The Morgan fingerprint density at radius 3 is 2.50 bits per heavy atom. The molecule has 1 amide bonds. The minimum atomic E-state index is -0.957. The van der Waals surface area contributed by atoms with Crippen LogP contribution in [0.15, 0.2) is 22.7 Å². The molecule has 0 radical (unpaired) electrons. The zero-order valence-corrected chi connectivity index (χ0v) is 12.3. The van der Waals surface area contributed by atoms with Crippen LogP contribution in [0, 0.1) is 17.7 Å². The summed E-state index contributed by atoms with van der Waals surface area (Å²) in [6, 6.07) is 4.33. The number of hydrogen-bond acceptors (Lipinski definition) is 2. The van der Waals surface area contributed by atoms with Crippen molar-refractivity contribution >= 4 is 33.5 Å². The fourth-order valence-corrected chi connectivity index (χ4v) is 2.89. The Balaban J connectivity index is 2.12. The first-order valence-corrected chi connectivity index (χ1v) is 7.27. The third-order valence-corrected chi connectivity index (χ3v) is 4.10. The van der Waals surface area contributed by atoms with Gasteiger partial charge in [-0.1, -0.05) is 28.8 Å². The van der Waals surface area contributed by atoms with Crippen LogP contribution in [-0.4, -0.2) is 17.0 Å². The molecule has 2 atom stereocenters. The molecule has 0 unspecified atom stereocenters. The maximum Gasteiger partial charge on any atom is 0.307 e. The summed E-state index contributed by atoms with van der Waals surface area (Å²) in [6.45, 7) is 0. The second kappa shape index (κ2) is 6.35. The summed E-state index contributed by atoms with van der Waals surface area (Å²) in [4.78, 5) is 23.3. The second-order valence-corrected chi connectivity index (χ2v) is 5.86. The molecule has 2 rings (SSSR count). The van der Waals surface area contributed by atoms with Crippen molar-refractivity contribution in [2.75, 3.05) is 5.32 Å². The third-order valence-electron chi connectivity index (χ3n) is 3.61. The van der Waals surface area contributed by atoms with Crippen molar-refractivity contribution < 1.29 is 19.1 Å². The molecular formula is C14H15BrFNO3. The van der Waals surface area contributed by atoms with Gasteiger partial charge in [0.15, 0.2) is 0 Å². The predicted octanol–water partition coefficient (Wildman–Crippen LogP) is 3.42. The number of amides is 1. The molecule has 1 aliphatic carbocycles. The average molecular weight is 344 g/mol. The van der Waals surface area contributed by atoms with Gasteiger partial charge < -0.3 is 10.4 Å². The lowest BCUT2D eigenvalue weighted by Gasteiger charge is -2.27. The van der Waals surface area contributed by atoms with E-state index in [1.807, 2.05) is 0 Å². The summed E-state index contributed by atoms with van der Waals surface area (Å²) in [6.07, 6.45) is 2.66. The summed E-state index contributed by atoms with van der Waals surface area (Å²) >= 11 is 3.14. The van der Waals surface area contributed by atoms with E-state index in [0.717, 1.165) is 12.8 Å². The van der Waals surface area contributed by atoms with E-state index in [0.29, 0.717) is 17.3 Å². The molecule has 0 spiro atoms. The van der Waals surface area contributed by atoms with E-state index in [4.69, 9.17) is 5.11 Å². The van der Waals surface area contributed by atoms with Gasteiger partial charge in [0.25, 0.3) is 0 Å². The molecule has 1 saturated carbocycles. The maximum absolute atomic E-state index is 13.7. The summed E-state index contributed by atoms with van der Waals surface area (Å²) in [5.74, 6) is -3.19. The fraction of sp³-hybridized carbons (Fsp3) is 0.429. The van der Waals surface area contributed by atoms with E-state index >= 15 is 0 Å². The van der Waals surface area contributed by atoms with E-state index in [1.165, 1.54) is 12.1 Å². The molecule has 0 aliphatic heterocycles. The minimum Gasteiger partial charge on any atom is -0.481 e. The number of aliphatic carboxylic acids is 1. The number of carboxylic acids is 1. The number of nitrogens with one attached hydrogen (secondary N) is 1. The van der Waals surface area contributed by atoms with Crippen molar-refractivity contribution in [2.45, 2.75) is 25.7 Å². The van der Waals surface area contributed by atoms with Gasteiger partial charge in [0.2, 0.25) is 5.91 Å². The Morgan fingerprint density at radius 1 is 1.25 bits per heavy atom. The van der Waals surface area contributed by atoms with Gasteiger partial charge in [-0.25, -0.2) is 4.39 Å². The molecular weight excluding hydrogens is 329 g/mol. The van der Waals surface area contributed by atoms with Crippen LogP contribution in [-0.2, 0) is 9.59 Å². The maximum atomic E-state index is 13.7. The lowest BCUT2D eigenvalue weighted by Crippen LogP contribution is -2.36. The first kappa shape index (κ1) is 15.0. The Bertz CT molecular complexity index is 535. The molecule has 108 valence electrons. The zero-order chi connectivity index (χ0) is 14.7. The molecule has 0 saturated heterocycles. The van der Waals surface area contributed by atoms with Gasteiger partial charge in [0.05, 0.1) is 17.5 Å². The van der Waals surface area contributed by atoms with Crippen molar-refractivity contribution in [3.8, 4) is 0 Å². The normalized spacial score (nSPS) is 22.3. The number of carbonyl (C=O) groups excluding carboxylic acids is 1. The molecule has 2 N–H and O–H groups in total. The van der Waals surface area contributed by atoms with Crippen LogP contribution in [0.1, 0.15) is 25.7 Å². The number of carboxylic acid groups (broad SMARTS) is 1. The van der Waals surface area contributed by atoms with Crippen molar-refractivity contribution in [2.24, 2.45) is 11.8 Å². The Labute approximate surface area is 124 Å². The van der Waals surface area contributed by atoms with E-state index < -0.39 is 29.5 Å². The van der Waals surface area contributed by atoms with E-state index in [2.05, 4.69) is 21.2 Å². The van der Waals surface area contributed by atoms with Crippen molar-refractivity contribution in [3.63, 3.8) is 0 Å². The highest BCUT2D eigenvalue weighted by molar-refractivity contribution is 9.10. The fourth-order valence-electron chi connectivity index (χ4n) is 2.56. The summed E-state index contributed by atoms with van der Waals surface area (Å²) < 4.78 is 14.3. The number of halogens is 2. The number of hydrogen-bond donors (Lipinski definition) is 2. The van der Waals surface area contributed by atoms with Gasteiger partial charge in [-0.05, 0) is 31.0 Å². The average Bonchev–Trinajstić information content (AvgIpc) is 2.41. The molecule has 4 nitrogen and oxygen atoms in total. The molecule has 1 aliphatic rings. The van der Waals surface area contributed by atoms with Gasteiger partial charge in [0, 0.05) is 4.47 Å².